The van der Waals surface area contributed by atoms with E-state index in [-0.39, 0.29) is 19.1 Å². The largest absolute Gasteiger partial charge is 0.472 e. The molecule has 0 rings (SSSR count). The standard InChI is InChI=1S/C25H51N2O6P/c1-6-7-8-9-10-11-12-13-14-15-16-17-18-19-25(29)24(26-23(2)28)22-33-34(30,31)32-21-20-27(3,4)5/h18-19,24-25,29H,6-17,20-22H2,1-5H3,(H-,26,28,30,31)/p+1/t24-,25+/m0/s1. The predicted octanol–water partition coefficient (Wildman–Crippen LogP) is 4.95. The van der Waals surface area contributed by atoms with E-state index in [1.54, 1.807) is 6.08 Å². The average molecular weight is 508 g/mol. The van der Waals surface area contributed by atoms with Gasteiger partial charge in [0.05, 0.1) is 39.9 Å². The first-order chi connectivity index (χ1) is 16.0. The maximum Gasteiger partial charge on any atom is 0.472 e. The van der Waals surface area contributed by atoms with E-state index in [2.05, 4.69) is 12.2 Å². The van der Waals surface area contributed by atoms with Crippen molar-refractivity contribution in [1.29, 1.82) is 0 Å². The molecule has 0 aromatic rings. The summed E-state index contributed by atoms with van der Waals surface area (Å²) in [5.74, 6) is -0.356. The van der Waals surface area contributed by atoms with E-state index in [1.807, 2.05) is 27.2 Å². The lowest BCUT2D eigenvalue weighted by atomic mass is 10.0. The predicted molar refractivity (Wildman–Crippen MR) is 138 cm³/mol. The van der Waals surface area contributed by atoms with Crippen LogP contribution >= 0.6 is 7.82 Å². The number of rotatable bonds is 22. The monoisotopic (exact) mass is 507 g/mol. The van der Waals surface area contributed by atoms with E-state index in [1.165, 1.54) is 64.7 Å². The second-order valence-electron chi connectivity index (χ2n) is 10.2. The normalized spacial score (nSPS) is 15.9. The Balaban J connectivity index is 4.16. The van der Waals surface area contributed by atoms with E-state index in [4.69, 9.17) is 9.05 Å². The molecule has 3 atom stereocenters. The molecule has 0 bridgehead atoms. The molecule has 0 saturated carbocycles. The molecule has 8 nitrogen and oxygen atoms in total. The third-order valence-corrected chi connectivity index (χ3v) is 6.53. The number of aliphatic hydroxyl groups is 1. The first-order valence-electron chi connectivity index (χ1n) is 13.0. The lowest BCUT2D eigenvalue weighted by Gasteiger charge is -2.25. The third kappa shape index (κ3) is 21.8. The quantitative estimate of drug-likeness (QED) is 0.0829. The summed E-state index contributed by atoms with van der Waals surface area (Å²) in [6.07, 6.45) is 17.4. The molecule has 34 heavy (non-hydrogen) atoms. The maximum absolute atomic E-state index is 12.1. The van der Waals surface area contributed by atoms with Crippen LogP contribution in [0.25, 0.3) is 0 Å². The van der Waals surface area contributed by atoms with Crippen molar-refractivity contribution in [3.8, 4) is 0 Å². The van der Waals surface area contributed by atoms with Gasteiger partial charge in [-0.05, 0) is 12.8 Å². The van der Waals surface area contributed by atoms with Crippen molar-refractivity contribution in [2.75, 3.05) is 40.9 Å². The fourth-order valence-corrected chi connectivity index (χ4v) is 4.16. The second-order valence-corrected chi connectivity index (χ2v) is 11.6. The Morgan fingerprint density at radius 2 is 1.50 bits per heavy atom. The number of aliphatic hydroxyl groups excluding tert-OH is 1. The van der Waals surface area contributed by atoms with Gasteiger partial charge in [0.25, 0.3) is 0 Å². The van der Waals surface area contributed by atoms with Crippen LogP contribution in [-0.4, -0.2) is 73.4 Å². The lowest BCUT2D eigenvalue weighted by molar-refractivity contribution is -0.870. The maximum atomic E-state index is 12.1. The van der Waals surface area contributed by atoms with Crippen LogP contribution in [-0.2, 0) is 18.4 Å². The number of nitrogens with one attached hydrogen (secondary N) is 1. The zero-order chi connectivity index (χ0) is 25.9. The summed E-state index contributed by atoms with van der Waals surface area (Å²) in [5, 5.41) is 13.0. The highest BCUT2D eigenvalue weighted by molar-refractivity contribution is 7.47. The molecule has 9 heteroatoms. The fourth-order valence-electron chi connectivity index (χ4n) is 3.42. The van der Waals surface area contributed by atoms with E-state index in [0.717, 1.165) is 19.3 Å². The minimum absolute atomic E-state index is 0.0590. The molecule has 0 heterocycles. The summed E-state index contributed by atoms with van der Waals surface area (Å²) < 4.78 is 22.7. The van der Waals surface area contributed by atoms with Crippen LogP contribution in [0.1, 0.15) is 90.9 Å². The van der Waals surface area contributed by atoms with Gasteiger partial charge in [-0.15, -0.1) is 0 Å². The second kappa shape index (κ2) is 19.4. The van der Waals surface area contributed by atoms with Crippen molar-refractivity contribution in [1.82, 2.24) is 5.32 Å². The molecule has 0 saturated heterocycles. The molecule has 1 unspecified atom stereocenters. The van der Waals surface area contributed by atoms with Crippen molar-refractivity contribution >= 4 is 13.7 Å². The van der Waals surface area contributed by atoms with Crippen molar-refractivity contribution in [2.45, 2.75) is 103 Å². The Kier molecular flexibility index (Phi) is 19.0. The highest BCUT2D eigenvalue weighted by atomic mass is 31.2. The van der Waals surface area contributed by atoms with Gasteiger partial charge in [-0.2, -0.15) is 0 Å². The molecule has 0 aliphatic carbocycles. The molecule has 0 radical (unpaired) electrons. The smallest absolute Gasteiger partial charge is 0.387 e. The molecule has 0 aliphatic heterocycles. The molecule has 0 aromatic carbocycles. The zero-order valence-corrected chi connectivity index (χ0v) is 23.2. The zero-order valence-electron chi connectivity index (χ0n) is 22.3. The Morgan fingerprint density at radius 1 is 0.971 bits per heavy atom. The average Bonchev–Trinajstić information content (AvgIpc) is 2.73. The number of carbonyl (C=O) groups excluding carboxylic acids is 1. The van der Waals surface area contributed by atoms with Crippen LogP contribution in [0.15, 0.2) is 12.2 Å². The molecule has 0 aliphatic rings. The minimum atomic E-state index is -4.27. The summed E-state index contributed by atoms with van der Waals surface area (Å²) in [7, 11) is 1.56. The van der Waals surface area contributed by atoms with Crippen molar-refractivity contribution in [3.05, 3.63) is 12.2 Å². The van der Waals surface area contributed by atoms with Gasteiger partial charge in [0, 0.05) is 6.92 Å². The van der Waals surface area contributed by atoms with Crippen LogP contribution in [0.2, 0.25) is 0 Å². The van der Waals surface area contributed by atoms with E-state index >= 15 is 0 Å². The number of hydrogen-bond donors (Lipinski definition) is 3. The highest BCUT2D eigenvalue weighted by Crippen LogP contribution is 2.43. The molecule has 3 N–H and O–H groups in total. The number of phosphoric ester groups is 1. The van der Waals surface area contributed by atoms with Crippen LogP contribution < -0.4 is 5.32 Å². The molecular formula is C25H52N2O6P+. The molecule has 202 valence electrons. The van der Waals surface area contributed by atoms with Gasteiger partial charge >= 0.3 is 7.82 Å². The first-order valence-corrected chi connectivity index (χ1v) is 14.5. The number of unbranched alkanes of at least 4 members (excludes halogenated alkanes) is 11. The van der Waals surface area contributed by atoms with Crippen molar-refractivity contribution in [2.24, 2.45) is 0 Å². The Morgan fingerprint density at radius 3 is 2.00 bits per heavy atom. The number of likely N-dealkylation sites (N-methyl/N-ethyl adjacent to an activating group) is 1. The van der Waals surface area contributed by atoms with Crippen LogP contribution in [0.3, 0.4) is 0 Å². The van der Waals surface area contributed by atoms with Gasteiger partial charge in [0.2, 0.25) is 5.91 Å². The van der Waals surface area contributed by atoms with Crippen molar-refractivity contribution in [3.63, 3.8) is 0 Å². The number of carbonyl (C=O) groups is 1. The van der Waals surface area contributed by atoms with E-state index < -0.39 is 20.0 Å². The van der Waals surface area contributed by atoms with Gasteiger partial charge in [0.15, 0.2) is 0 Å². The first kappa shape index (κ1) is 33.2. The van der Waals surface area contributed by atoms with Gasteiger partial charge < -0.3 is 19.8 Å². The third-order valence-electron chi connectivity index (χ3n) is 5.54. The summed E-state index contributed by atoms with van der Waals surface area (Å²) in [4.78, 5) is 21.4. The van der Waals surface area contributed by atoms with Gasteiger partial charge in [-0.25, -0.2) is 4.57 Å². The summed E-state index contributed by atoms with van der Waals surface area (Å²) in [5.41, 5.74) is 0. The Labute approximate surface area is 208 Å². The summed E-state index contributed by atoms with van der Waals surface area (Å²) in [6, 6.07) is -0.839. The Bertz CT molecular complexity index is 594. The van der Waals surface area contributed by atoms with Gasteiger partial charge in [-0.1, -0.05) is 83.3 Å². The summed E-state index contributed by atoms with van der Waals surface area (Å²) in [6.45, 7) is 3.83. The van der Waals surface area contributed by atoms with E-state index in [0.29, 0.717) is 11.0 Å². The van der Waals surface area contributed by atoms with Crippen LogP contribution in [0, 0.1) is 0 Å². The Hall–Kier alpha value is -0.760. The van der Waals surface area contributed by atoms with Gasteiger partial charge in [-0.3, -0.25) is 13.8 Å². The number of phosphoric acid groups is 1. The lowest BCUT2D eigenvalue weighted by Crippen LogP contribution is -2.44. The number of nitrogens with zero attached hydrogens (tertiary/aromatic N) is 1. The number of quaternary nitrogens is 1. The molecule has 1 amide bonds. The molecule has 0 spiro atoms. The SMILES string of the molecule is CCCCCCCCCCCCCC=C[C@@H](O)[C@H](COP(=O)(O)OCC[N+](C)(C)C)NC(C)=O. The van der Waals surface area contributed by atoms with E-state index in [9.17, 15) is 19.4 Å². The van der Waals surface area contributed by atoms with Gasteiger partial charge in [0.1, 0.15) is 13.2 Å². The van der Waals surface area contributed by atoms with Crippen LogP contribution in [0.4, 0.5) is 0 Å². The minimum Gasteiger partial charge on any atom is -0.387 e. The highest BCUT2D eigenvalue weighted by Gasteiger charge is 2.27. The van der Waals surface area contributed by atoms with Crippen LogP contribution in [0.5, 0.6) is 0 Å². The molecule has 0 fully saturated rings. The summed E-state index contributed by atoms with van der Waals surface area (Å²) >= 11 is 0. The fraction of sp³-hybridized carbons (Fsp3) is 0.880. The number of hydrogen-bond acceptors (Lipinski definition) is 5. The van der Waals surface area contributed by atoms with Crippen molar-refractivity contribution < 1.29 is 32.9 Å². The molecule has 0 aromatic heterocycles. The molecular weight excluding hydrogens is 455 g/mol. The number of allylic oxidation sites excluding steroid dienone is 1. The topological polar surface area (TPSA) is 105 Å². The number of amides is 1.